The first kappa shape index (κ1) is 22.2. The van der Waals surface area contributed by atoms with E-state index in [1.165, 1.54) is 17.6 Å². The summed E-state index contributed by atoms with van der Waals surface area (Å²) in [4.78, 5) is 13.3. The molecule has 0 aliphatic heterocycles. The number of nitrogen functional groups attached to an aromatic ring is 2. The van der Waals surface area contributed by atoms with Gasteiger partial charge in [-0.15, -0.1) is 0 Å². The number of nitrogens with two attached hydrogens (primary N) is 2. The van der Waals surface area contributed by atoms with Crippen LogP contribution in [0.1, 0.15) is 41.6 Å². The minimum Gasteiger partial charge on any atom is -0.390 e. The lowest BCUT2D eigenvalue weighted by Crippen LogP contribution is -2.35. The van der Waals surface area contributed by atoms with Crippen LogP contribution in [0.25, 0.3) is 21.9 Å². The molecule has 184 valence electrons. The fourth-order valence-corrected chi connectivity index (χ4v) is 7.10. The van der Waals surface area contributed by atoms with Crippen molar-refractivity contribution in [3.63, 3.8) is 0 Å². The topological polar surface area (TPSA) is 136 Å². The number of rotatable bonds is 3. The second-order valence-electron chi connectivity index (χ2n) is 10.4. The molecule has 0 amide bonds. The van der Waals surface area contributed by atoms with Crippen LogP contribution in [0.15, 0.2) is 47.2 Å². The summed E-state index contributed by atoms with van der Waals surface area (Å²) in [5, 5.41) is 24.5. The van der Waals surface area contributed by atoms with Crippen LogP contribution in [-0.4, -0.2) is 41.9 Å². The van der Waals surface area contributed by atoms with Crippen molar-refractivity contribution in [3.8, 4) is 0 Å². The van der Waals surface area contributed by atoms with Crippen molar-refractivity contribution in [2.75, 3.05) is 11.5 Å². The summed E-state index contributed by atoms with van der Waals surface area (Å²) in [6, 6.07) is 7.99. The number of fused-ring (bicyclic) bond motifs is 4. The van der Waals surface area contributed by atoms with Gasteiger partial charge in [-0.3, -0.25) is 0 Å². The summed E-state index contributed by atoms with van der Waals surface area (Å²) in [5.74, 6) is 1.15. The highest BCUT2D eigenvalue weighted by Crippen LogP contribution is 2.51. The molecule has 3 heterocycles. The molecule has 4 aromatic rings. The zero-order valence-corrected chi connectivity index (χ0v) is 21.1. The number of pyridine rings is 1. The average Bonchev–Trinajstić information content (AvgIpc) is 3.49. The van der Waals surface area contributed by atoms with Gasteiger partial charge >= 0.3 is 0 Å². The van der Waals surface area contributed by atoms with E-state index in [0.29, 0.717) is 18.1 Å². The minimum absolute atomic E-state index is 0.0765. The Morgan fingerprint density at radius 2 is 1.86 bits per heavy atom. The van der Waals surface area contributed by atoms with E-state index in [9.17, 15) is 10.2 Å². The van der Waals surface area contributed by atoms with Gasteiger partial charge in [0.15, 0.2) is 0 Å². The number of nitrogens with zero attached hydrogens (tertiary/aromatic N) is 4. The van der Waals surface area contributed by atoms with Crippen LogP contribution in [0.5, 0.6) is 0 Å². The summed E-state index contributed by atoms with van der Waals surface area (Å²) in [6.07, 6.45) is 7.70. The Hall–Kier alpha value is -3.01. The molecular weight excluding hydrogens is 520 g/mol. The summed E-state index contributed by atoms with van der Waals surface area (Å²) >= 11 is 3.45. The quantitative estimate of drug-likeness (QED) is 0.288. The van der Waals surface area contributed by atoms with E-state index in [2.05, 4.69) is 65.8 Å². The van der Waals surface area contributed by atoms with E-state index in [0.717, 1.165) is 51.2 Å². The van der Waals surface area contributed by atoms with Crippen molar-refractivity contribution < 1.29 is 10.2 Å². The number of anilines is 2. The van der Waals surface area contributed by atoms with Crippen molar-refractivity contribution in [3.05, 3.63) is 64.0 Å². The molecule has 6 N–H and O–H groups in total. The molecule has 6 atom stereocenters. The number of hydrogen-bond acceptors (Lipinski definition) is 7. The Morgan fingerprint density at radius 1 is 1.00 bits per heavy atom. The van der Waals surface area contributed by atoms with Gasteiger partial charge in [0.2, 0.25) is 0 Å². The first-order valence-electron chi connectivity index (χ1n) is 12.4. The monoisotopic (exact) mass is 546 g/mol. The third-order valence-electron chi connectivity index (χ3n) is 8.55. The molecule has 36 heavy (non-hydrogen) atoms. The summed E-state index contributed by atoms with van der Waals surface area (Å²) < 4.78 is 2.94. The number of benzene rings is 1. The second kappa shape index (κ2) is 7.99. The highest BCUT2D eigenvalue weighted by atomic mass is 79.9. The van der Waals surface area contributed by atoms with Crippen molar-refractivity contribution in [1.29, 1.82) is 0 Å². The van der Waals surface area contributed by atoms with Gasteiger partial charge in [0.25, 0.3) is 0 Å². The molecule has 3 aliphatic carbocycles. The smallest absolute Gasteiger partial charge is 0.146 e. The van der Waals surface area contributed by atoms with Crippen LogP contribution in [0, 0.1) is 11.8 Å². The van der Waals surface area contributed by atoms with E-state index < -0.39 is 12.2 Å². The normalized spacial score (nSPS) is 29.2. The molecule has 3 aliphatic rings. The van der Waals surface area contributed by atoms with Gasteiger partial charge in [-0.2, -0.15) is 0 Å². The van der Waals surface area contributed by atoms with E-state index in [1.54, 1.807) is 0 Å². The number of hydrogen-bond donors (Lipinski definition) is 4. The zero-order chi connectivity index (χ0) is 24.7. The molecule has 3 aromatic heterocycles. The molecule has 0 spiro atoms. The number of aliphatic hydroxyl groups excluding tert-OH is 2. The third-order valence-corrected chi connectivity index (χ3v) is 9.19. The predicted molar refractivity (Wildman–Crippen MR) is 142 cm³/mol. The van der Waals surface area contributed by atoms with Gasteiger partial charge in [-0.25, -0.2) is 15.0 Å². The van der Waals surface area contributed by atoms with E-state index >= 15 is 0 Å². The average molecular weight is 547 g/mol. The highest BCUT2D eigenvalue weighted by molar-refractivity contribution is 9.10. The van der Waals surface area contributed by atoms with Crippen molar-refractivity contribution in [1.82, 2.24) is 19.5 Å². The molecule has 7 rings (SSSR count). The number of aliphatic hydroxyl groups is 2. The van der Waals surface area contributed by atoms with Crippen LogP contribution in [0.4, 0.5) is 11.6 Å². The lowest BCUT2D eigenvalue weighted by Gasteiger charge is -2.36. The Morgan fingerprint density at radius 3 is 2.67 bits per heavy atom. The molecule has 0 unspecified atom stereocenters. The largest absolute Gasteiger partial charge is 0.390 e. The molecule has 0 bridgehead atoms. The van der Waals surface area contributed by atoms with E-state index in [-0.39, 0.29) is 23.8 Å². The lowest BCUT2D eigenvalue weighted by molar-refractivity contribution is -0.00331. The number of aromatic nitrogens is 4. The van der Waals surface area contributed by atoms with E-state index in [1.807, 2.05) is 6.07 Å². The van der Waals surface area contributed by atoms with Gasteiger partial charge in [-0.05, 0) is 76.7 Å². The van der Waals surface area contributed by atoms with Crippen LogP contribution in [-0.2, 0) is 12.8 Å². The molecule has 1 aromatic carbocycles. The van der Waals surface area contributed by atoms with E-state index in [4.69, 9.17) is 11.5 Å². The molecule has 1 saturated carbocycles. The standard InChI is InChI=1S/C27H27BrN6O2/c28-18-8-13-5-4-12(9-19(13)33-25(18)29)14-6-7-15(14)17-10-21(24(36)23(17)35)34-20-3-1-2-16(20)22-26(30)31-11-32-27(22)34/h4-9,11,14-15,17,21,23-24,35-36H,1-3,10H2,(H2,29,33)(H2,30,31,32)/t14-,15-,17-,21-,23-,24+/m1/s1. The SMILES string of the molecule is Nc1nc2cc([C@H]3C=C[C@H]3[C@H]3C[C@@H](n4c5c(c6c(N)ncnc64)CCC5)[C@H](O)[C@@H]3O)ccc2cc1Br. The van der Waals surface area contributed by atoms with Gasteiger partial charge in [0.05, 0.1) is 27.5 Å². The first-order chi connectivity index (χ1) is 17.4. The predicted octanol–water partition coefficient (Wildman–Crippen LogP) is 3.65. The summed E-state index contributed by atoms with van der Waals surface area (Å²) in [6.45, 7) is 0. The fourth-order valence-electron chi connectivity index (χ4n) is 6.76. The van der Waals surface area contributed by atoms with Crippen LogP contribution in [0.3, 0.4) is 0 Å². The van der Waals surface area contributed by atoms with Crippen LogP contribution < -0.4 is 11.5 Å². The lowest BCUT2D eigenvalue weighted by atomic mass is 9.69. The molecule has 0 radical (unpaired) electrons. The fraction of sp³-hybridized carbons (Fsp3) is 0.370. The Kier molecular flexibility index (Phi) is 4.93. The first-order valence-corrected chi connectivity index (χ1v) is 13.2. The van der Waals surface area contributed by atoms with Crippen LogP contribution in [0.2, 0.25) is 0 Å². The Bertz CT molecular complexity index is 1570. The summed E-state index contributed by atoms with van der Waals surface area (Å²) in [5.41, 5.74) is 17.4. The van der Waals surface area contributed by atoms with Crippen molar-refractivity contribution in [2.24, 2.45) is 11.8 Å². The molecule has 9 heteroatoms. The van der Waals surface area contributed by atoms with Gasteiger partial charge in [-0.1, -0.05) is 24.3 Å². The zero-order valence-electron chi connectivity index (χ0n) is 19.5. The molecule has 8 nitrogen and oxygen atoms in total. The second-order valence-corrected chi connectivity index (χ2v) is 11.2. The van der Waals surface area contributed by atoms with Gasteiger partial charge in [0, 0.05) is 17.0 Å². The third kappa shape index (κ3) is 3.09. The number of halogens is 1. The Labute approximate surface area is 216 Å². The maximum atomic E-state index is 11.3. The number of allylic oxidation sites excluding steroid dienone is 2. The maximum Gasteiger partial charge on any atom is 0.146 e. The minimum atomic E-state index is -0.878. The van der Waals surface area contributed by atoms with Gasteiger partial charge in [0.1, 0.15) is 29.7 Å². The Balaban J connectivity index is 1.22. The molecular formula is C27H27BrN6O2. The summed E-state index contributed by atoms with van der Waals surface area (Å²) in [7, 11) is 0. The van der Waals surface area contributed by atoms with Gasteiger partial charge < -0.3 is 26.2 Å². The van der Waals surface area contributed by atoms with Crippen molar-refractivity contribution >= 4 is 49.5 Å². The van der Waals surface area contributed by atoms with Crippen molar-refractivity contribution in [2.45, 2.75) is 49.9 Å². The highest BCUT2D eigenvalue weighted by Gasteiger charge is 2.49. The molecule has 0 saturated heterocycles. The van der Waals surface area contributed by atoms with Crippen LogP contribution >= 0.6 is 15.9 Å². The maximum absolute atomic E-state index is 11.3. The number of aryl methyl sites for hydroxylation is 1. The molecule has 1 fully saturated rings.